The highest BCUT2D eigenvalue weighted by atomic mass is 32.2. The molecule has 0 spiro atoms. The standard InChI is InChI=1S/C15H16FN3O5S/c1-3-22-14(21)17-12(20)8-25-15-19-18-13(24-15)9(2)23-11-6-4-10(16)5-7-11/h4-7,9H,3,8H2,1-2H3,(H,17,20,21)/t9-/m1/s1. The summed E-state index contributed by atoms with van der Waals surface area (Å²) in [6.45, 7) is 3.50. The second kappa shape index (κ2) is 9.02. The van der Waals surface area contributed by atoms with Crippen LogP contribution in [-0.2, 0) is 9.53 Å². The number of carbonyl (C=O) groups is 2. The van der Waals surface area contributed by atoms with Gasteiger partial charge in [0.2, 0.25) is 5.91 Å². The van der Waals surface area contributed by atoms with Crippen LogP contribution in [-0.4, -0.2) is 34.6 Å². The molecule has 25 heavy (non-hydrogen) atoms. The Morgan fingerprint density at radius 1 is 1.32 bits per heavy atom. The van der Waals surface area contributed by atoms with Crippen LogP contribution in [0, 0.1) is 5.82 Å². The lowest BCUT2D eigenvalue weighted by Gasteiger charge is -2.10. The van der Waals surface area contributed by atoms with E-state index in [1.807, 2.05) is 0 Å². The van der Waals surface area contributed by atoms with Gasteiger partial charge >= 0.3 is 6.09 Å². The van der Waals surface area contributed by atoms with Crippen LogP contribution in [0.1, 0.15) is 25.8 Å². The van der Waals surface area contributed by atoms with Crippen LogP contribution in [0.5, 0.6) is 5.75 Å². The first-order valence-corrected chi connectivity index (χ1v) is 8.31. The van der Waals surface area contributed by atoms with Crippen LogP contribution in [0.4, 0.5) is 9.18 Å². The molecule has 0 aliphatic heterocycles. The molecule has 0 saturated heterocycles. The zero-order chi connectivity index (χ0) is 18.2. The van der Waals surface area contributed by atoms with Crippen molar-refractivity contribution in [3.05, 3.63) is 36.0 Å². The fourth-order valence-corrected chi connectivity index (χ4v) is 2.22. The third-order valence-electron chi connectivity index (χ3n) is 2.74. The van der Waals surface area contributed by atoms with Crippen molar-refractivity contribution >= 4 is 23.8 Å². The summed E-state index contributed by atoms with van der Waals surface area (Å²) in [7, 11) is 0. The molecule has 1 aromatic heterocycles. The maximum absolute atomic E-state index is 12.9. The minimum absolute atomic E-state index is 0.0896. The van der Waals surface area contributed by atoms with Crippen LogP contribution in [0.3, 0.4) is 0 Å². The molecule has 2 amide bonds. The summed E-state index contributed by atoms with van der Waals surface area (Å²) < 4.78 is 28.4. The number of nitrogens with one attached hydrogen (secondary N) is 1. The van der Waals surface area contributed by atoms with Crippen molar-refractivity contribution in [3.8, 4) is 5.75 Å². The maximum atomic E-state index is 12.9. The molecule has 2 rings (SSSR count). The van der Waals surface area contributed by atoms with Crippen LogP contribution in [0.25, 0.3) is 0 Å². The number of alkyl carbamates (subject to hydrolysis) is 1. The topological polar surface area (TPSA) is 104 Å². The minimum Gasteiger partial charge on any atom is -0.481 e. The Bertz CT molecular complexity index is 722. The van der Waals surface area contributed by atoms with Gasteiger partial charge in [0, 0.05) is 0 Å². The van der Waals surface area contributed by atoms with Gasteiger partial charge in [0.15, 0.2) is 6.10 Å². The summed E-state index contributed by atoms with van der Waals surface area (Å²) in [4.78, 5) is 22.6. The summed E-state index contributed by atoms with van der Waals surface area (Å²) in [5.41, 5.74) is 0. The zero-order valence-electron chi connectivity index (χ0n) is 13.5. The molecule has 10 heteroatoms. The molecule has 134 valence electrons. The fourth-order valence-electron chi connectivity index (χ4n) is 1.66. The normalized spacial score (nSPS) is 11.6. The number of carbonyl (C=O) groups excluding carboxylic acids is 2. The van der Waals surface area contributed by atoms with Gasteiger partial charge in [0.1, 0.15) is 11.6 Å². The Morgan fingerprint density at radius 2 is 2.04 bits per heavy atom. The Hall–Kier alpha value is -2.62. The number of imide groups is 1. The van der Waals surface area contributed by atoms with Gasteiger partial charge < -0.3 is 13.9 Å². The number of aromatic nitrogens is 2. The monoisotopic (exact) mass is 369 g/mol. The fraction of sp³-hybridized carbons (Fsp3) is 0.333. The number of halogens is 1. The second-order valence-electron chi connectivity index (χ2n) is 4.68. The molecular weight excluding hydrogens is 353 g/mol. The van der Waals surface area contributed by atoms with Crippen molar-refractivity contribution in [2.45, 2.75) is 25.2 Å². The van der Waals surface area contributed by atoms with E-state index in [2.05, 4.69) is 20.3 Å². The van der Waals surface area contributed by atoms with Gasteiger partial charge in [-0.2, -0.15) is 0 Å². The quantitative estimate of drug-likeness (QED) is 0.743. The van der Waals surface area contributed by atoms with E-state index < -0.39 is 18.1 Å². The summed E-state index contributed by atoms with van der Waals surface area (Å²) in [6.07, 6.45) is -1.36. The van der Waals surface area contributed by atoms with Crippen molar-refractivity contribution < 1.29 is 27.9 Å². The molecule has 2 aromatic rings. The van der Waals surface area contributed by atoms with Gasteiger partial charge in [0.05, 0.1) is 12.4 Å². The van der Waals surface area contributed by atoms with Crippen LogP contribution in [0.2, 0.25) is 0 Å². The van der Waals surface area contributed by atoms with Gasteiger partial charge in [-0.1, -0.05) is 11.8 Å². The highest BCUT2D eigenvalue weighted by molar-refractivity contribution is 7.99. The average Bonchev–Trinajstić information content (AvgIpc) is 3.04. The molecule has 1 atom stereocenters. The van der Waals surface area contributed by atoms with Crippen LogP contribution >= 0.6 is 11.8 Å². The number of hydrogen-bond acceptors (Lipinski definition) is 8. The molecule has 8 nitrogen and oxygen atoms in total. The van der Waals surface area contributed by atoms with E-state index >= 15 is 0 Å². The predicted octanol–water partition coefficient (Wildman–Crippen LogP) is 2.71. The third-order valence-corrected chi connectivity index (χ3v) is 3.56. The van der Waals surface area contributed by atoms with Crippen LogP contribution < -0.4 is 10.1 Å². The Morgan fingerprint density at radius 3 is 2.72 bits per heavy atom. The SMILES string of the molecule is CCOC(=O)NC(=O)CSc1nnc([C@@H](C)Oc2ccc(F)cc2)o1. The lowest BCUT2D eigenvalue weighted by molar-refractivity contribution is -0.117. The van der Waals surface area contributed by atoms with E-state index in [1.54, 1.807) is 13.8 Å². The summed E-state index contributed by atoms with van der Waals surface area (Å²) >= 11 is 0.970. The van der Waals surface area contributed by atoms with E-state index in [1.165, 1.54) is 24.3 Å². The first-order chi connectivity index (χ1) is 12.0. The number of amides is 2. The van der Waals surface area contributed by atoms with Crippen molar-refractivity contribution in [3.63, 3.8) is 0 Å². The molecule has 1 N–H and O–H groups in total. The molecule has 0 aliphatic carbocycles. The number of benzene rings is 1. The average molecular weight is 369 g/mol. The molecule has 1 heterocycles. The lowest BCUT2D eigenvalue weighted by atomic mass is 10.3. The molecule has 0 aliphatic rings. The molecule has 1 aromatic carbocycles. The number of thioether (sulfide) groups is 1. The number of ether oxygens (including phenoxy) is 2. The third kappa shape index (κ3) is 6.07. The lowest BCUT2D eigenvalue weighted by Crippen LogP contribution is -2.32. The largest absolute Gasteiger partial charge is 0.481 e. The van der Waals surface area contributed by atoms with Crippen molar-refractivity contribution in [1.82, 2.24) is 15.5 Å². The molecule has 0 unspecified atom stereocenters. The number of rotatable bonds is 7. The van der Waals surface area contributed by atoms with Gasteiger partial charge in [-0.25, -0.2) is 9.18 Å². The summed E-state index contributed by atoms with van der Waals surface area (Å²) in [5, 5.41) is 9.84. The van der Waals surface area contributed by atoms with Crippen LogP contribution in [0.15, 0.2) is 33.9 Å². The van der Waals surface area contributed by atoms with Crippen molar-refractivity contribution in [2.24, 2.45) is 0 Å². The van der Waals surface area contributed by atoms with Gasteiger partial charge in [-0.3, -0.25) is 10.1 Å². The summed E-state index contributed by atoms with van der Waals surface area (Å²) in [6, 6.07) is 5.52. The van der Waals surface area contributed by atoms with Gasteiger partial charge in [-0.15, -0.1) is 10.2 Å². The molecule has 0 fully saturated rings. The molecule has 0 radical (unpaired) electrons. The van der Waals surface area contributed by atoms with Crippen molar-refractivity contribution in [1.29, 1.82) is 0 Å². The van der Waals surface area contributed by atoms with E-state index in [0.717, 1.165) is 11.8 Å². The molecule has 0 bridgehead atoms. The summed E-state index contributed by atoms with van der Waals surface area (Å²) in [5.74, 6) is -0.336. The van der Waals surface area contributed by atoms with Gasteiger partial charge in [-0.05, 0) is 38.1 Å². The number of hydrogen-bond donors (Lipinski definition) is 1. The smallest absolute Gasteiger partial charge is 0.413 e. The van der Waals surface area contributed by atoms with E-state index in [0.29, 0.717) is 5.75 Å². The molecular formula is C15H16FN3O5S. The minimum atomic E-state index is -0.805. The Balaban J connectivity index is 1.83. The van der Waals surface area contributed by atoms with Gasteiger partial charge in [0.25, 0.3) is 11.1 Å². The predicted molar refractivity (Wildman–Crippen MR) is 85.6 cm³/mol. The Kier molecular flexibility index (Phi) is 6.75. The zero-order valence-corrected chi connectivity index (χ0v) is 14.3. The van der Waals surface area contributed by atoms with E-state index in [-0.39, 0.29) is 29.3 Å². The second-order valence-corrected chi connectivity index (χ2v) is 5.60. The highest BCUT2D eigenvalue weighted by Crippen LogP contribution is 2.23. The first-order valence-electron chi connectivity index (χ1n) is 7.33. The Labute approximate surface area is 147 Å². The number of nitrogens with zero attached hydrogens (tertiary/aromatic N) is 2. The van der Waals surface area contributed by atoms with E-state index in [4.69, 9.17) is 9.15 Å². The van der Waals surface area contributed by atoms with E-state index in [9.17, 15) is 14.0 Å². The first kappa shape index (κ1) is 18.7. The highest BCUT2D eigenvalue weighted by Gasteiger charge is 2.17. The maximum Gasteiger partial charge on any atom is 0.413 e. The van der Waals surface area contributed by atoms with Crippen molar-refractivity contribution in [2.75, 3.05) is 12.4 Å². The molecule has 0 saturated carbocycles.